The Hall–Kier alpha value is -1.47. The van der Waals surface area contributed by atoms with Crippen LogP contribution < -0.4 is 10.6 Å². The summed E-state index contributed by atoms with van der Waals surface area (Å²) < 4.78 is 4.87. The van der Waals surface area contributed by atoms with Crippen LogP contribution in [0.15, 0.2) is 4.52 Å². The third kappa shape index (κ3) is 3.30. The molecule has 7 heteroatoms. The van der Waals surface area contributed by atoms with Gasteiger partial charge in [0.2, 0.25) is 11.8 Å². The molecule has 2 N–H and O–H groups in total. The molecule has 1 aliphatic rings. The van der Waals surface area contributed by atoms with Gasteiger partial charge in [0, 0.05) is 33.1 Å². The van der Waals surface area contributed by atoms with E-state index >= 15 is 0 Å². The van der Waals surface area contributed by atoms with E-state index in [0.29, 0.717) is 18.3 Å². The first-order valence-corrected chi connectivity index (χ1v) is 6.53. The summed E-state index contributed by atoms with van der Waals surface area (Å²) in [5, 5.41) is 9.90. The Morgan fingerprint density at radius 2 is 2.16 bits per heavy atom. The van der Waals surface area contributed by atoms with Gasteiger partial charge in [-0.3, -0.25) is 9.69 Å². The zero-order valence-corrected chi connectivity index (χ0v) is 11.7. The second kappa shape index (κ2) is 5.66. The van der Waals surface area contributed by atoms with Gasteiger partial charge in [0.25, 0.3) is 0 Å². The van der Waals surface area contributed by atoms with E-state index in [1.807, 2.05) is 13.8 Å². The fraction of sp³-hybridized carbons (Fsp3) is 0.750. The number of hydrogen-bond donors (Lipinski definition) is 2. The first kappa shape index (κ1) is 14.0. The van der Waals surface area contributed by atoms with E-state index < -0.39 is 5.54 Å². The Bertz CT molecular complexity index is 437. The lowest BCUT2D eigenvalue weighted by Gasteiger charge is -2.39. The summed E-state index contributed by atoms with van der Waals surface area (Å²) in [7, 11) is 0. The molecule has 0 unspecified atom stereocenters. The lowest BCUT2D eigenvalue weighted by Crippen LogP contribution is -2.59. The van der Waals surface area contributed by atoms with Gasteiger partial charge in [-0.15, -0.1) is 0 Å². The Balaban J connectivity index is 1.90. The minimum Gasteiger partial charge on any atom is -0.347 e. The Morgan fingerprint density at radius 1 is 1.47 bits per heavy atom. The van der Waals surface area contributed by atoms with Crippen molar-refractivity contribution in [3.05, 3.63) is 11.7 Å². The smallest absolute Gasteiger partial charge is 0.240 e. The molecule has 1 amide bonds. The normalized spacial score (nSPS) is 17.4. The monoisotopic (exact) mass is 267 g/mol. The molecule has 1 fully saturated rings. The Morgan fingerprint density at radius 3 is 2.74 bits per heavy atom. The molecule has 19 heavy (non-hydrogen) atoms. The van der Waals surface area contributed by atoms with Gasteiger partial charge in [0.1, 0.15) is 0 Å². The maximum absolute atomic E-state index is 12.3. The third-order valence-electron chi connectivity index (χ3n) is 3.44. The summed E-state index contributed by atoms with van der Waals surface area (Å²) >= 11 is 0. The molecule has 1 aliphatic heterocycles. The van der Waals surface area contributed by atoms with E-state index in [2.05, 4.69) is 25.7 Å². The minimum absolute atomic E-state index is 0.0168. The van der Waals surface area contributed by atoms with Crippen molar-refractivity contribution >= 4 is 5.91 Å². The van der Waals surface area contributed by atoms with Crippen LogP contribution in [0, 0.1) is 6.92 Å². The number of hydrogen-bond acceptors (Lipinski definition) is 6. The lowest BCUT2D eigenvalue weighted by atomic mass is 10.0. The highest BCUT2D eigenvalue weighted by molar-refractivity contribution is 5.85. The number of nitrogens with zero attached hydrogens (tertiary/aromatic N) is 3. The summed E-state index contributed by atoms with van der Waals surface area (Å²) in [6, 6.07) is 0. The summed E-state index contributed by atoms with van der Waals surface area (Å²) in [5.74, 6) is 0.990. The number of carbonyl (C=O) groups is 1. The van der Waals surface area contributed by atoms with E-state index in [1.54, 1.807) is 6.92 Å². The molecule has 2 rings (SSSR count). The number of aryl methyl sites for hydroxylation is 1. The van der Waals surface area contributed by atoms with Gasteiger partial charge >= 0.3 is 0 Å². The molecule has 0 atom stereocenters. The Labute approximate surface area is 112 Å². The van der Waals surface area contributed by atoms with Crippen molar-refractivity contribution in [3.8, 4) is 0 Å². The summed E-state index contributed by atoms with van der Waals surface area (Å²) in [6.07, 6.45) is 0. The summed E-state index contributed by atoms with van der Waals surface area (Å²) in [4.78, 5) is 18.5. The van der Waals surface area contributed by atoms with E-state index in [-0.39, 0.29) is 5.91 Å². The third-order valence-corrected chi connectivity index (χ3v) is 3.44. The highest BCUT2D eigenvalue weighted by Gasteiger charge is 2.34. The summed E-state index contributed by atoms with van der Waals surface area (Å²) in [6.45, 7) is 9.49. The van der Waals surface area contributed by atoms with Gasteiger partial charge in [-0.25, -0.2) is 0 Å². The SMILES string of the molecule is Cc1nc(CNC(=O)C(C)(C)N2CCNCC2)no1. The number of rotatable bonds is 4. The van der Waals surface area contributed by atoms with E-state index in [4.69, 9.17) is 4.52 Å². The molecule has 0 bridgehead atoms. The molecule has 1 saturated heterocycles. The van der Waals surface area contributed by atoms with Crippen LogP contribution >= 0.6 is 0 Å². The Kier molecular flexibility index (Phi) is 4.16. The van der Waals surface area contributed by atoms with Crippen molar-refractivity contribution in [1.82, 2.24) is 25.7 Å². The highest BCUT2D eigenvalue weighted by Crippen LogP contribution is 2.15. The van der Waals surface area contributed by atoms with Crippen LogP contribution in [-0.4, -0.2) is 52.7 Å². The average Bonchev–Trinajstić information content (AvgIpc) is 2.82. The van der Waals surface area contributed by atoms with Gasteiger partial charge in [-0.05, 0) is 13.8 Å². The van der Waals surface area contributed by atoms with Gasteiger partial charge in [0.05, 0.1) is 12.1 Å². The fourth-order valence-corrected chi connectivity index (χ4v) is 2.16. The van der Waals surface area contributed by atoms with Crippen LogP contribution in [0.3, 0.4) is 0 Å². The first-order chi connectivity index (χ1) is 9.00. The molecule has 106 valence electrons. The molecule has 2 heterocycles. The van der Waals surface area contributed by atoms with Crippen LogP contribution in [0.2, 0.25) is 0 Å². The molecular weight excluding hydrogens is 246 g/mol. The quantitative estimate of drug-likeness (QED) is 0.778. The molecule has 0 radical (unpaired) electrons. The average molecular weight is 267 g/mol. The second-order valence-electron chi connectivity index (χ2n) is 5.21. The van der Waals surface area contributed by atoms with E-state index in [1.165, 1.54) is 0 Å². The molecular formula is C12H21N5O2. The summed E-state index contributed by atoms with van der Waals surface area (Å²) in [5.41, 5.74) is -0.527. The number of aromatic nitrogens is 2. The highest BCUT2D eigenvalue weighted by atomic mass is 16.5. The second-order valence-corrected chi connectivity index (χ2v) is 5.21. The first-order valence-electron chi connectivity index (χ1n) is 6.53. The van der Waals surface area contributed by atoms with Crippen molar-refractivity contribution in [3.63, 3.8) is 0 Å². The van der Waals surface area contributed by atoms with Crippen molar-refractivity contribution in [2.24, 2.45) is 0 Å². The van der Waals surface area contributed by atoms with Crippen molar-refractivity contribution in [2.45, 2.75) is 32.9 Å². The molecule has 7 nitrogen and oxygen atoms in total. The largest absolute Gasteiger partial charge is 0.347 e. The predicted molar refractivity (Wildman–Crippen MR) is 69.4 cm³/mol. The topological polar surface area (TPSA) is 83.3 Å². The molecule has 0 aliphatic carbocycles. The van der Waals surface area contributed by atoms with Gasteiger partial charge in [-0.1, -0.05) is 5.16 Å². The standard InChI is InChI=1S/C12H21N5O2/c1-9-15-10(16-19-9)8-14-11(18)12(2,3)17-6-4-13-5-7-17/h13H,4-8H2,1-3H3,(H,14,18). The van der Waals surface area contributed by atoms with Crippen molar-refractivity contribution < 1.29 is 9.32 Å². The van der Waals surface area contributed by atoms with Crippen LogP contribution in [-0.2, 0) is 11.3 Å². The molecule has 0 saturated carbocycles. The molecule has 0 aromatic carbocycles. The zero-order valence-electron chi connectivity index (χ0n) is 11.7. The minimum atomic E-state index is -0.527. The van der Waals surface area contributed by atoms with Crippen LogP contribution in [0.1, 0.15) is 25.6 Å². The van der Waals surface area contributed by atoms with E-state index in [9.17, 15) is 4.79 Å². The van der Waals surface area contributed by atoms with E-state index in [0.717, 1.165) is 26.2 Å². The molecule has 1 aromatic rings. The number of carbonyl (C=O) groups excluding carboxylic acids is 1. The van der Waals surface area contributed by atoms with Gasteiger partial charge in [-0.2, -0.15) is 4.98 Å². The maximum Gasteiger partial charge on any atom is 0.240 e. The maximum atomic E-state index is 12.3. The van der Waals surface area contributed by atoms with Crippen molar-refractivity contribution in [1.29, 1.82) is 0 Å². The zero-order chi connectivity index (χ0) is 13.9. The van der Waals surface area contributed by atoms with Gasteiger partial charge < -0.3 is 15.2 Å². The van der Waals surface area contributed by atoms with Gasteiger partial charge in [0.15, 0.2) is 5.82 Å². The van der Waals surface area contributed by atoms with Crippen LogP contribution in [0.4, 0.5) is 0 Å². The fourth-order valence-electron chi connectivity index (χ4n) is 2.16. The number of piperazine rings is 1. The van der Waals surface area contributed by atoms with Crippen molar-refractivity contribution in [2.75, 3.05) is 26.2 Å². The molecule has 0 spiro atoms. The number of amides is 1. The molecule has 1 aromatic heterocycles. The van der Waals surface area contributed by atoms with Crippen LogP contribution in [0.25, 0.3) is 0 Å². The lowest BCUT2D eigenvalue weighted by molar-refractivity contribution is -0.132. The number of nitrogens with one attached hydrogen (secondary N) is 2. The predicted octanol–water partition coefficient (Wildman–Crippen LogP) is -0.322. The van der Waals surface area contributed by atoms with Crippen LogP contribution in [0.5, 0.6) is 0 Å².